The molecule has 0 radical (unpaired) electrons. The number of anilines is 1. The number of halogens is 3. The number of aliphatic hydroxyl groups excluding tert-OH is 1. The molecule has 1 aliphatic carbocycles. The van der Waals surface area contributed by atoms with Crippen molar-refractivity contribution in [1.29, 1.82) is 0 Å². The van der Waals surface area contributed by atoms with Gasteiger partial charge >= 0.3 is 0 Å². The Labute approximate surface area is 245 Å². The van der Waals surface area contributed by atoms with Gasteiger partial charge in [-0.15, -0.1) is 0 Å². The standard InChI is InChI=1S/C31H38Cl2FN3O3/c1-30(2,3)15-24-31(21-13-10-18(32)14-23(21)36-29(31)40)25(20-6-5-7-22(33)26(20)34)27(37(24)4)28(39)35-16-17-8-11-19(38)12-9-17/h5-7,10,13-14,17,19,24-25,27,38H,8-9,11-12,15-16H2,1-4H3,(H,35,39)(H,36,40)/t17-,19-,24-,25-,27+,31+/m0/s1. The minimum atomic E-state index is -1.26. The number of fused-ring (bicyclic) bond motifs is 2. The lowest BCUT2D eigenvalue weighted by atomic mass is 9.62. The van der Waals surface area contributed by atoms with Crippen LogP contribution in [0.3, 0.4) is 0 Å². The highest BCUT2D eigenvalue weighted by Gasteiger charge is 2.68. The Hall–Kier alpha value is -2.19. The molecule has 1 saturated heterocycles. The molecule has 1 saturated carbocycles. The van der Waals surface area contributed by atoms with Gasteiger partial charge in [-0.1, -0.05) is 62.2 Å². The van der Waals surface area contributed by atoms with Gasteiger partial charge < -0.3 is 15.7 Å². The monoisotopic (exact) mass is 589 g/mol. The predicted molar refractivity (Wildman–Crippen MR) is 156 cm³/mol. The molecule has 0 bridgehead atoms. The summed E-state index contributed by atoms with van der Waals surface area (Å²) < 4.78 is 15.9. The van der Waals surface area contributed by atoms with Crippen molar-refractivity contribution in [3.63, 3.8) is 0 Å². The van der Waals surface area contributed by atoms with E-state index in [0.29, 0.717) is 29.2 Å². The third kappa shape index (κ3) is 5.04. The van der Waals surface area contributed by atoms with Gasteiger partial charge in [0, 0.05) is 29.2 Å². The number of nitrogens with one attached hydrogen (secondary N) is 2. The Balaban J connectivity index is 1.65. The van der Waals surface area contributed by atoms with Crippen LogP contribution in [0.15, 0.2) is 36.4 Å². The van der Waals surface area contributed by atoms with E-state index in [0.717, 1.165) is 25.7 Å². The van der Waals surface area contributed by atoms with Crippen molar-refractivity contribution in [2.75, 3.05) is 18.9 Å². The number of hydrogen-bond acceptors (Lipinski definition) is 4. The largest absolute Gasteiger partial charge is 0.393 e. The quantitative estimate of drug-likeness (QED) is 0.406. The van der Waals surface area contributed by atoms with E-state index in [1.165, 1.54) is 6.07 Å². The summed E-state index contributed by atoms with van der Waals surface area (Å²) in [4.78, 5) is 30.4. The number of hydrogen-bond donors (Lipinski definition) is 3. The average Bonchev–Trinajstić information content (AvgIpc) is 3.30. The lowest BCUT2D eigenvalue weighted by Crippen LogP contribution is -2.50. The second-order valence-corrected chi connectivity index (χ2v) is 13.8. The molecule has 0 aromatic heterocycles. The molecule has 2 amide bonds. The van der Waals surface area contributed by atoms with Crippen LogP contribution in [0.5, 0.6) is 0 Å². The van der Waals surface area contributed by atoms with Crippen molar-refractivity contribution in [3.8, 4) is 0 Å². The van der Waals surface area contributed by atoms with Gasteiger partial charge in [0.2, 0.25) is 11.8 Å². The Bertz CT molecular complexity index is 1310. The molecule has 5 rings (SSSR count). The van der Waals surface area contributed by atoms with Crippen molar-refractivity contribution in [2.24, 2.45) is 11.3 Å². The maximum absolute atomic E-state index is 15.9. The Morgan fingerprint density at radius 3 is 2.55 bits per heavy atom. The van der Waals surface area contributed by atoms with Crippen LogP contribution >= 0.6 is 23.2 Å². The molecule has 2 fully saturated rings. The molecule has 4 atom stereocenters. The fraction of sp³-hybridized carbons (Fsp3) is 0.548. The highest BCUT2D eigenvalue weighted by molar-refractivity contribution is 6.31. The molecule has 2 aliphatic heterocycles. The first kappa shape index (κ1) is 29.3. The summed E-state index contributed by atoms with van der Waals surface area (Å²) in [5, 5.41) is 16.5. The average molecular weight is 591 g/mol. The van der Waals surface area contributed by atoms with Crippen molar-refractivity contribution in [3.05, 3.63) is 63.4 Å². The second-order valence-electron chi connectivity index (χ2n) is 12.9. The summed E-state index contributed by atoms with van der Waals surface area (Å²) in [5.41, 5.74) is 0.0787. The number of likely N-dealkylation sites (tertiary alicyclic amines) is 1. The van der Waals surface area contributed by atoms with Crippen molar-refractivity contribution in [2.45, 2.75) is 82.4 Å². The highest BCUT2D eigenvalue weighted by Crippen LogP contribution is 2.60. The predicted octanol–water partition coefficient (Wildman–Crippen LogP) is 5.89. The summed E-state index contributed by atoms with van der Waals surface area (Å²) in [5.74, 6) is -1.72. The minimum Gasteiger partial charge on any atom is -0.393 e. The van der Waals surface area contributed by atoms with E-state index >= 15 is 4.39 Å². The molecule has 2 aromatic rings. The number of aliphatic hydroxyl groups is 1. The molecule has 216 valence electrons. The second kappa shape index (κ2) is 10.9. The zero-order valence-corrected chi connectivity index (χ0v) is 25.0. The first-order chi connectivity index (χ1) is 18.8. The van der Waals surface area contributed by atoms with E-state index < -0.39 is 29.2 Å². The van der Waals surface area contributed by atoms with Crippen LogP contribution in [0.4, 0.5) is 10.1 Å². The summed E-state index contributed by atoms with van der Waals surface area (Å²) in [7, 11) is 1.86. The van der Waals surface area contributed by atoms with Crippen molar-refractivity contribution < 1.29 is 19.1 Å². The summed E-state index contributed by atoms with van der Waals surface area (Å²) in [6.45, 7) is 6.77. The molecule has 0 unspecified atom stereocenters. The number of benzene rings is 2. The van der Waals surface area contributed by atoms with E-state index in [9.17, 15) is 14.7 Å². The van der Waals surface area contributed by atoms with Crippen LogP contribution in [0.25, 0.3) is 0 Å². The van der Waals surface area contributed by atoms with Crippen molar-refractivity contribution in [1.82, 2.24) is 10.2 Å². The highest BCUT2D eigenvalue weighted by atomic mass is 35.5. The zero-order valence-electron chi connectivity index (χ0n) is 23.4. The van der Waals surface area contributed by atoms with Crippen LogP contribution in [0.2, 0.25) is 10.0 Å². The first-order valence-electron chi connectivity index (χ1n) is 14.1. The normalized spacial score (nSPS) is 30.4. The first-order valence-corrected chi connectivity index (χ1v) is 14.8. The minimum absolute atomic E-state index is 0.0516. The maximum Gasteiger partial charge on any atom is 0.238 e. The molecule has 3 N–H and O–H groups in total. The van der Waals surface area contributed by atoms with Crippen molar-refractivity contribution >= 4 is 40.7 Å². The van der Waals surface area contributed by atoms with Crippen LogP contribution in [-0.4, -0.2) is 53.6 Å². The summed E-state index contributed by atoms with van der Waals surface area (Å²) in [6.07, 6.45) is 3.41. The molecule has 1 spiro atoms. The molecule has 2 aromatic carbocycles. The number of nitrogens with zero attached hydrogens (tertiary/aromatic N) is 1. The fourth-order valence-corrected chi connectivity index (χ4v) is 7.62. The number of carbonyl (C=O) groups excluding carboxylic acids is 2. The van der Waals surface area contributed by atoms with Crippen LogP contribution in [0.1, 0.15) is 69.9 Å². The van der Waals surface area contributed by atoms with Gasteiger partial charge in [-0.3, -0.25) is 14.5 Å². The van der Waals surface area contributed by atoms with Gasteiger partial charge in [0.25, 0.3) is 0 Å². The van der Waals surface area contributed by atoms with Gasteiger partial charge in [-0.25, -0.2) is 4.39 Å². The van der Waals surface area contributed by atoms with E-state index in [1.54, 1.807) is 24.3 Å². The van der Waals surface area contributed by atoms with Gasteiger partial charge in [0.1, 0.15) is 11.2 Å². The van der Waals surface area contributed by atoms with Gasteiger partial charge in [-0.05, 0) is 79.8 Å². The van der Waals surface area contributed by atoms with E-state index in [-0.39, 0.29) is 39.8 Å². The Morgan fingerprint density at radius 2 is 1.88 bits per heavy atom. The molecule has 3 aliphatic rings. The summed E-state index contributed by atoms with van der Waals surface area (Å²) >= 11 is 12.6. The van der Waals surface area contributed by atoms with E-state index in [1.807, 2.05) is 18.0 Å². The van der Waals surface area contributed by atoms with Crippen LogP contribution in [-0.2, 0) is 15.0 Å². The number of amides is 2. The Morgan fingerprint density at radius 1 is 1.18 bits per heavy atom. The third-order valence-corrected chi connectivity index (χ3v) is 9.61. The van der Waals surface area contributed by atoms with E-state index in [4.69, 9.17) is 23.2 Å². The van der Waals surface area contributed by atoms with Crippen LogP contribution in [0, 0.1) is 17.2 Å². The zero-order chi connectivity index (χ0) is 29.0. The smallest absolute Gasteiger partial charge is 0.238 e. The third-order valence-electron chi connectivity index (χ3n) is 9.09. The molecule has 2 heterocycles. The van der Waals surface area contributed by atoms with Gasteiger partial charge in [0.05, 0.1) is 17.2 Å². The topological polar surface area (TPSA) is 81.7 Å². The van der Waals surface area contributed by atoms with Crippen LogP contribution < -0.4 is 10.6 Å². The molecular weight excluding hydrogens is 552 g/mol. The lowest BCUT2D eigenvalue weighted by Gasteiger charge is -2.39. The molecule has 40 heavy (non-hydrogen) atoms. The lowest BCUT2D eigenvalue weighted by molar-refractivity contribution is -0.126. The van der Waals surface area contributed by atoms with Gasteiger partial charge in [0.15, 0.2) is 0 Å². The molecule has 6 nitrogen and oxygen atoms in total. The van der Waals surface area contributed by atoms with Gasteiger partial charge in [-0.2, -0.15) is 0 Å². The number of rotatable bonds is 5. The molecular formula is C31H38Cl2FN3O3. The fourth-order valence-electron chi connectivity index (χ4n) is 7.27. The number of likely N-dealkylation sites (N-methyl/N-ethyl adjacent to an activating group) is 1. The molecule has 9 heteroatoms. The maximum atomic E-state index is 15.9. The van der Waals surface area contributed by atoms with E-state index in [2.05, 4.69) is 31.4 Å². The number of carbonyl (C=O) groups is 2. The summed E-state index contributed by atoms with van der Waals surface area (Å²) in [6, 6.07) is 8.84. The Kier molecular flexibility index (Phi) is 7.99. The SMILES string of the molecule is CN1[C@@H](CC(C)(C)C)[C@@]2(C(=O)Nc3cc(Cl)ccc32)[C@@H](c2cccc(Cl)c2F)[C@@H]1C(=O)NC[C@H]1CC[C@H](O)CC1.